The molecule has 21 heavy (non-hydrogen) atoms. The first-order valence-corrected chi connectivity index (χ1v) is 7.34. The Kier molecular flexibility index (Phi) is 3.75. The summed E-state index contributed by atoms with van der Waals surface area (Å²) in [6.07, 6.45) is 0.638. The fourth-order valence-corrected chi connectivity index (χ4v) is 2.51. The Morgan fingerprint density at radius 3 is 2.86 bits per heavy atom. The highest BCUT2D eigenvalue weighted by Crippen LogP contribution is 2.28. The summed E-state index contributed by atoms with van der Waals surface area (Å²) in [6, 6.07) is 13.8. The summed E-state index contributed by atoms with van der Waals surface area (Å²) in [4.78, 5) is 4.43. The number of aromatic nitrogens is 2. The van der Waals surface area contributed by atoms with Crippen LogP contribution in [0.1, 0.15) is 17.0 Å². The van der Waals surface area contributed by atoms with Gasteiger partial charge in [-0.05, 0) is 30.7 Å². The van der Waals surface area contributed by atoms with Crippen LogP contribution in [0.25, 0.3) is 11.5 Å². The first kappa shape index (κ1) is 13.8. The fourth-order valence-electron chi connectivity index (χ4n) is 2.15. The van der Waals surface area contributed by atoms with E-state index in [9.17, 15) is 0 Å². The molecule has 0 aliphatic carbocycles. The molecule has 0 unspecified atom stereocenters. The lowest BCUT2D eigenvalue weighted by Gasteiger charge is -2.00. The van der Waals surface area contributed by atoms with Crippen LogP contribution in [0.3, 0.4) is 0 Å². The third kappa shape index (κ3) is 3.13. The molecule has 4 nitrogen and oxygen atoms in total. The van der Waals surface area contributed by atoms with Crippen LogP contribution < -0.4 is 5.73 Å². The highest BCUT2D eigenvalue weighted by Gasteiger charge is 2.12. The van der Waals surface area contributed by atoms with E-state index in [1.54, 1.807) is 0 Å². The summed E-state index contributed by atoms with van der Waals surface area (Å²) in [5.74, 6) is 1.09. The summed E-state index contributed by atoms with van der Waals surface area (Å²) in [7, 11) is 0. The molecule has 3 aromatic rings. The van der Waals surface area contributed by atoms with Gasteiger partial charge in [-0.25, -0.2) is 0 Å². The molecule has 2 aromatic carbocycles. The maximum absolute atomic E-state index is 5.95. The molecule has 0 radical (unpaired) electrons. The maximum atomic E-state index is 5.95. The van der Waals surface area contributed by atoms with Crippen molar-refractivity contribution in [1.29, 1.82) is 0 Å². The zero-order valence-corrected chi connectivity index (χ0v) is 13.1. The van der Waals surface area contributed by atoms with Crippen LogP contribution in [0.4, 0.5) is 5.69 Å². The average Bonchev–Trinajstić information content (AvgIpc) is 2.90. The van der Waals surface area contributed by atoms with Crippen LogP contribution in [-0.4, -0.2) is 10.1 Å². The lowest BCUT2D eigenvalue weighted by atomic mass is 10.1. The zero-order chi connectivity index (χ0) is 14.8. The molecule has 0 saturated heterocycles. The molecule has 0 saturated carbocycles. The second-order valence-electron chi connectivity index (χ2n) is 4.91. The minimum Gasteiger partial charge on any atom is -0.398 e. The molecule has 0 amide bonds. The van der Waals surface area contributed by atoms with Crippen molar-refractivity contribution in [2.75, 3.05) is 5.73 Å². The molecule has 2 N–H and O–H groups in total. The monoisotopic (exact) mass is 343 g/mol. The van der Waals surface area contributed by atoms with Crippen LogP contribution in [0.2, 0.25) is 0 Å². The second-order valence-corrected chi connectivity index (χ2v) is 5.83. The summed E-state index contributed by atoms with van der Waals surface area (Å²) in [5.41, 5.74) is 9.68. The van der Waals surface area contributed by atoms with Gasteiger partial charge in [0.15, 0.2) is 5.82 Å². The van der Waals surface area contributed by atoms with E-state index >= 15 is 0 Å². The molecule has 0 aliphatic rings. The molecular weight excluding hydrogens is 330 g/mol. The van der Waals surface area contributed by atoms with Gasteiger partial charge >= 0.3 is 0 Å². The minimum atomic E-state index is 0.441. The van der Waals surface area contributed by atoms with Crippen molar-refractivity contribution in [3.63, 3.8) is 0 Å². The Morgan fingerprint density at radius 1 is 1.19 bits per heavy atom. The van der Waals surface area contributed by atoms with Gasteiger partial charge in [0.05, 0.1) is 5.56 Å². The van der Waals surface area contributed by atoms with Gasteiger partial charge in [-0.3, -0.25) is 0 Å². The third-order valence-corrected chi connectivity index (χ3v) is 3.65. The Bertz CT molecular complexity index is 783. The zero-order valence-electron chi connectivity index (χ0n) is 11.5. The molecule has 0 atom stereocenters. The predicted molar refractivity (Wildman–Crippen MR) is 85.8 cm³/mol. The topological polar surface area (TPSA) is 64.9 Å². The molecule has 0 bridgehead atoms. The van der Waals surface area contributed by atoms with E-state index < -0.39 is 0 Å². The van der Waals surface area contributed by atoms with E-state index in [1.807, 2.05) is 24.3 Å². The molecule has 106 valence electrons. The summed E-state index contributed by atoms with van der Waals surface area (Å²) in [6.45, 7) is 2.06. The predicted octanol–water partition coefficient (Wildman–Crippen LogP) is 3.98. The van der Waals surface area contributed by atoms with Crippen molar-refractivity contribution < 1.29 is 4.52 Å². The normalized spacial score (nSPS) is 10.8. The van der Waals surface area contributed by atoms with Crippen molar-refractivity contribution in [3.8, 4) is 11.5 Å². The lowest BCUT2D eigenvalue weighted by molar-refractivity contribution is 0.424. The average molecular weight is 344 g/mol. The van der Waals surface area contributed by atoms with Crippen molar-refractivity contribution in [3.05, 3.63) is 63.9 Å². The lowest BCUT2D eigenvalue weighted by Crippen LogP contribution is -1.92. The Hall–Kier alpha value is -2.14. The molecule has 0 aliphatic heterocycles. The van der Waals surface area contributed by atoms with Crippen molar-refractivity contribution in [2.24, 2.45) is 0 Å². The van der Waals surface area contributed by atoms with Crippen LogP contribution in [0.5, 0.6) is 0 Å². The van der Waals surface area contributed by atoms with Crippen LogP contribution in [-0.2, 0) is 6.42 Å². The number of nitrogens with two attached hydrogens (primary N) is 1. The third-order valence-electron chi connectivity index (χ3n) is 3.16. The molecular formula is C16H14BrN3O. The molecule has 3 rings (SSSR count). The van der Waals surface area contributed by atoms with Crippen LogP contribution in [0, 0.1) is 6.92 Å². The number of benzene rings is 2. The minimum absolute atomic E-state index is 0.441. The number of nitrogens with zero attached hydrogens (tertiary/aromatic N) is 2. The highest BCUT2D eigenvalue weighted by atomic mass is 79.9. The maximum Gasteiger partial charge on any atom is 0.260 e. The first-order chi connectivity index (χ1) is 10.1. The van der Waals surface area contributed by atoms with E-state index in [2.05, 4.69) is 51.2 Å². The number of hydrogen-bond donors (Lipinski definition) is 1. The number of halogens is 1. The van der Waals surface area contributed by atoms with Gasteiger partial charge in [0, 0.05) is 16.6 Å². The first-order valence-electron chi connectivity index (χ1n) is 6.55. The summed E-state index contributed by atoms with van der Waals surface area (Å²) >= 11 is 3.42. The largest absolute Gasteiger partial charge is 0.398 e. The second kappa shape index (κ2) is 5.69. The Labute approximate surface area is 131 Å². The number of aryl methyl sites for hydroxylation is 1. The Morgan fingerprint density at radius 2 is 2.05 bits per heavy atom. The van der Waals surface area contributed by atoms with E-state index in [0.717, 1.165) is 15.6 Å². The summed E-state index contributed by atoms with van der Waals surface area (Å²) < 4.78 is 6.25. The van der Waals surface area contributed by atoms with E-state index in [-0.39, 0.29) is 0 Å². The molecule has 0 spiro atoms. The van der Waals surface area contributed by atoms with E-state index in [1.165, 1.54) is 5.56 Å². The molecule has 1 heterocycles. The molecule has 1 aromatic heterocycles. The SMILES string of the molecule is Cc1cccc(Cc2noc(-c3cc(Br)ccc3N)n2)c1. The smallest absolute Gasteiger partial charge is 0.260 e. The van der Waals surface area contributed by atoms with Crippen LogP contribution >= 0.6 is 15.9 Å². The molecule has 0 fully saturated rings. The number of anilines is 1. The number of rotatable bonds is 3. The van der Waals surface area contributed by atoms with Crippen molar-refractivity contribution in [2.45, 2.75) is 13.3 Å². The molecule has 5 heteroatoms. The van der Waals surface area contributed by atoms with Gasteiger partial charge in [-0.2, -0.15) is 4.98 Å². The summed E-state index contributed by atoms with van der Waals surface area (Å²) in [5, 5.41) is 4.03. The Balaban J connectivity index is 1.88. The fraction of sp³-hybridized carbons (Fsp3) is 0.125. The van der Waals surface area contributed by atoms with Gasteiger partial charge in [-0.15, -0.1) is 0 Å². The van der Waals surface area contributed by atoms with Gasteiger partial charge in [0.1, 0.15) is 0 Å². The number of hydrogen-bond acceptors (Lipinski definition) is 4. The van der Waals surface area contributed by atoms with Gasteiger partial charge < -0.3 is 10.3 Å². The van der Waals surface area contributed by atoms with Gasteiger partial charge in [0.2, 0.25) is 0 Å². The van der Waals surface area contributed by atoms with Crippen molar-refractivity contribution in [1.82, 2.24) is 10.1 Å². The van der Waals surface area contributed by atoms with Gasteiger partial charge in [-0.1, -0.05) is 50.9 Å². The van der Waals surface area contributed by atoms with Crippen molar-refractivity contribution >= 4 is 21.6 Å². The standard InChI is InChI=1S/C16H14BrN3O/c1-10-3-2-4-11(7-10)8-15-19-16(21-20-15)13-9-12(17)5-6-14(13)18/h2-7,9H,8,18H2,1H3. The van der Waals surface area contributed by atoms with E-state index in [0.29, 0.717) is 23.8 Å². The van der Waals surface area contributed by atoms with E-state index in [4.69, 9.17) is 10.3 Å². The number of nitrogen functional groups attached to an aromatic ring is 1. The van der Waals surface area contributed by atoms with Gasteiger partial charge in [0.25, 0.3) is 5.89 Å². The quantitative estimate of drug-likeness (QED) is 0.730. The van der Waals surface area contributed by atoms with Crippen LogP contribution in [0.15, 0.2) is 51.5 Å². The highest BCUT2D eigenvalue weighted by molar-refractivity contribution is 9.10.